The summed E-state index contributed by atoms with van der Waals surface area (Å²) in [4.78, 5) is 9.75. The molecule has 3 heterocycles. The van der Waals surface area contributed by atoms with Crippen molar-refractivity contribution in [1.82, 2.24) is 19.7 Å². The van der Waals surface area contributed by atoms with E-state index in [1.165, 1.54) is 12.1 Å². The van der Waals surface area contributed by atoms with Gasteiger partial charge in [0.25, 0.3) is 0 Å². The van der Waals surface area contributed by atoms with Crippen LogP contribution in [0, 0.1) is 13.8 Å². The minimum atomic E-state index is -4.75. The molecule has 0 N–H and O–H groups in total. The highest BCUT2D eigenvalue weighted by atomic mass is 19.4. The number of ether oxygens (including phenoxy) is 3. The molecule has 0 bridgehead atoms. The van der Waals surface area contributed by atoms with Gasteiger partial charge in [-0.3, -0.25) is 4.98 Å². The Morgan fingerprint density at radius 2 is 1.80 bits per heavy atom. The number of fused-ring (bicyclic) bond motifs is 3. The first-order valence-electron chi connectivity index (χ1n) is 13.3. The largest absolute Gasteiger partial charge is 0.573 e. The van der Waals surface area contributed by atoms with Gasteiger partial charge < -0.3 is 23.3 Å². The molecule has 11 heteroatoms. The zero-order valence-electron chi connectivity index (χ0n) is 23.5. The van der Waals surface area contributed by atoms with Crippen molar-refractivity contribution >= 4 is 21.9 Å². The number of pyridine rings is 1. The Labute approximate surface area is 235 Å². The summed E-state index contributed by atoms with van der Waals surface area (Å²) >= 11 is 0. The van der Waals surface area contributed by atoms with Gasteiger partial charge in [0, 0.05) is 37.1 Å². The van der Waals surface area contributed by atoms with Crippen molar-refractivity contribution in [3.63, 3.8) is 0 Å². The van der Waals surface area contributed by atoms with Crippen molar-refractivity contribution in [2.45, 2.75) is 52.4 Å². The van der Waals surface area contributed by atoms with E-state index in [2.05, 4.69) is 21.4 Å². The lowest BCUT2D eigenvalue weighted by atomic mass is 10.00. The second kappa shape index (κ2) is 11.4. The molecule has 2 aromatic carbocycles. The highest BCUT2D eigenvalue weighted by Crippen LogP contribution is 2.40. The molecule has 3 aromatic heterocycles. The molecule has 5 aromatic rings. The average molecular weight is 569 g/mol. The number of benzene rings is 2. The molecule has 0 saturated heterocycles. The highest BCUT2D eigenvalue weighted by Gasteiger charge is 2.31. The lowest BCUT2D eigenvalue weighted by Crippen LogP contribution is -2.17. The second-order valence-electron chi connectivity index (χ2n) is 9.90. The standard InChI is InChI=1S/C30H31F3N4O4/c1-6-20(11-12-38-4)29-35-25-15-34-24-13-23(27-17(2)36-41-18(27)3)26(39-5)14-22(24)28(25)37(29)16-19-7-9-21(10-8-19)40-30(31,32)33/h7-10,13-15,20H,6,11-12,16H2,1-5H3. The molecule has 41 heavy (non-hydrogen) atoms. The summed E-state index contributed by atoms with van der Waals surface area (Å²) in [6.45, 7) is 6.78. The normalized spacial score (nSPS) is 12.8. The van der Waals surface area contributed by atoms with Crippen LogP contribution in [0.1, 0.15) is 48.5 Å². The molecule has 216 valence electrons. The van der Waals surface area contributed by atoms with Crippen LogP contribution in [0.15, 0.2) is 47.1 Å². The summed E-state index contributed by atoms with van der Waals surface area (Å²) in [6.07, 6.45) is -1.40. The van der Waals surface area contributed by atoms with Gasteiger partial charge in [-0.05, 0) is 56.5 Å². The first kappa shape index (κ1) is 28.4. The predicted octanol–water partition coefficient (Wildman–Crippen LogP) is 7.34. The number of aryl methyl sites for hydroxylation is 2. The molecular weight excluding hydrogens is 537 g/mol. The molecule has 0 radical (unpaired) electrons. The molecule has 5 rings (SSSR count). The molecular formula is C30H31F3N4O4. The zero-order chi connectivity index (χ0) is 29.3. The summed E-state index contributed by atoms with van der Waals surface area (Å²) in [5.41, 5.74) is 5.53. The smallest absolute Gasteiger partial charge is 0.496 e. The van der Waals surface area contributed by atoms with Gasteiger partial charge in [-0.25, -0.2) is 4.98 Å². The van der Waals surface area contributed by atoms with E-state index in [-0.39, 0.29) is 11.7 Å². The maximum absolute atomic E-state index is 12.7. The zero-order valence-corrected chi connectivity index (χ0v) is 23.5. The van der Waals surface area contributed by atoms with Crippen LogP contribution >= 0.6 is 0 Å². The second-order valence-corrected chi connectivity index (χ2v) is 9.90. The third kappa shape index (κ3) is 5.72. The van der Waals surface area contributed by atoms with Crippen LogP contribution in [0.5, 0.6) is 11.5 Å². The molecule has 8 nitrogen and oxygen atoms in total. The molecule has 0 fully saturated rings. The fraction of sp³-hybridized carbons (Fsp3) is 0.367. The fourth-order valence-corrected chi connectivity index (χ4v) is 5.32. The molecule has 1 unspecified atom stereocenters. The lowest BCUT2D eigenvalue weighted by Gasteiger charge is -2.18. The van der Waals surface area contributed by atoms with Crippen molar-refractivity contribution in [3.05, 3.63) is 65.4 Å². The SMILES string of the molecule is CCC(CCOC)c1nc2cnc3cc(-c4c(C)noc4C)c(OC)cc3c2n1Cc1ccc(OC(F)(F)F)cc1. The van der Waals surface area contributed by atoms with Crippen LogP contribution in [0.2, 0.25) is 0 Å². The monoisotopic (exact) mass is 568 g/mol. The number of hydrogen-bond donors (Lipinski definition) is 0. The maximum Gasteiger partial charge on any atom is 0.573 e. The third-order valence-corrected chi connectivity index (χ3v) is 7.25. The Balaban J connectivity index is 1.69. The number of methoxy groups -OCH3 is 2. The van der Waals surface area contributed by atoms with Crippen molar-refractivity contribution in [3.8, 4) is 22.6 Å². The van der Waals surface area contributed by atoms with Crippen LogP contribution < -0.4 is 9.47 Å². The van der Waals surface area contributed by atoms with Crippen LogP contribution in [-0.4, -0.2) is 46.9 Å². The molecule has 0 aliphatic carbocycles. The highest BCUT2D eigenvalue weighted by molar-refractivity contribution is 6.05. The Kier molecular flexibility index (Phi) is 7.90. The van der Waals surface area contributed by atoms with E-state index in [0.717, 1.165) is 57.5 Å². The number of nitrogens with zero attached hydrogens (tertiary/aromatic N) is 4. The third-order valence-electron chi connectivity index (χ3n) is 7.25. The summed E-state index contributed by atoms with van der Waals surface area (Å²) in [6, 6.07) is 9.82. The van der Waals surface area contributed by atoms with Crippen molar-refractivity contribution in [2.24, 2.45) is 0 Å². The molecule has 0 spiro atoms. The van der Waals surface area contributed by atoms with E-state index in [1.807, 2.05) is 26.0 Å². The number of halogens is 3. The molecule has 0 aliphatic heterocycles. The Morgan fingerprint density at radius 1 is 1.05 bits per heavy atom. The van der Waals surface area contributed by atoms with E-state index in [9.17, 15) is 13.2 Å². The summed E-state index contributed by atoms with van der Waals surface area (Å²) in [5.74, 6) is 1.99. The Bertz CT molecular complexity index is 1660. The summed E-state index contributed by atoms with van der Waals surface area (Å²) in [5, 5.41) is 4.93. The fourth-order valence-electron chi connectivity index (χ4n) is 5.32. The summed E-state index contributed by atoms with van der Waals surface area (Å²) in [7, 11) is 3.28. The number of alkyl halides is 3. The van der Waals surface area contributed by atoms with Gasteiger partial charge in [-0.15, -0.1) is 13.2 Å². The Hall–Kier alpha value is -4.12. The minimum Gasteiger partial charge on any atom is -0.496 e. The molecule has 0 amide bonds. The average Bonchev–Trinajstić information content (AvgIpc) is 3.47. The van der Waals surface area contributed by atoms with Crippen LogP contribution in [-0.2, 0) is 11.3 Å². The topological polar surface area (TPSA) is 84.4 Å². The van der Waals surface area contributed by atoms with Gasteiger partial charge in [-0.1, -0.05) is 24.2 Å². The number of hydrogen-bond acceptors (Lipinski definition) is 7. The molecule has 0 aliphatic rings. The van der Waals surface area contributed by atoms with Crippen molar-refractivity contribution in [2.75, 3.05) is 20.8 Å². The van der Waals surface area contributed by atoms with Crippen molar-refractivity contribution < 1.29 is 31.9 Å². The van der Waals surface area contributed by atoms with E-state index in [4.69, 9.17) is 24.0 Å². The Morgan fingerprint density at radius 3 is 2.41 bits per heavy atom. The van der Waals surface area contributed by atoms with Gasteiger partial charge in [0.1, 0.15) is 28.6 Å². The van der Waals surface area contributed by atoms with Gasteiger partial charge >= 0.3 is 6.36 Å². The number of aromatic nitrogens is 4. The van der Waals surface area contributed by atoms with Crippen LogP contribution in [0.25, 0.3) is 33.1 Å². The lowest BCUT2D eigenvalue weighted by molar-refractivity contribution is -0.274. The quantitative estimate of drug-likeness (QED) is 0.174. The van der Waals surface area contributed by atoms with E-state index in [1.54, 1.807) is 32.5 Å². The van der Waals surface area contributed by atoms with Gasteiger partial charge in [-0.2, -0.15) is 0 Å². The first-order valence-corrected chi connectivity index (χ1v) is 13.3. The number of imidazole rings is 1. The molecule has 0 saturated carbocycles. The van der Waals surface area contributed by atoms with Gasteiger partial charge in [0.2, 0.25) is 0 Å². The maximum atomic E-state index is 12.7. The van der Waals surface area contributed by atoms with E-state index in [0.29, 0.717) is 30.2 Å². The van der Waals surface area contributed by atoms with E-state index >= 15 is 0 Å². The van der Waals surface area contributed by atoms with Crippen LogP contribution in [0.3, 0.4) is 0 Å². The van der Waals surface area contributed by atoms with Gasteiger partial charge in [0.05, 0.1) is 35.6 Å². The van der Waals surface area contributed by atoms with Gasteiger partial charge in [0.15, 0.2) is 0 Å². The number of rotatable bonds is 10. The van der Waals surface area contributed by atoms with Crippen molar-refractivity contribution in [1.29, 1.82) is 0 Å². The van der Waals surface area contributed by atoms with Crippen LogP contribution in [0.4, 0.5) is 13.2 Å². The minimum absolute atomic E-state index is 0.0914. The summed E-state index contributed by atoms with van der Waals surface area (Å²) < 4.78 is 60.9. The predicted molar refractivity (Wildman–Crippen MR) is 148 cm³/mol. The first-order chi connectivity index (χ1) is 19.6. The molecule has 1 atom stereocenters. The van der Waals surface area contributed by atoms with E-state index < -0.39 is 6.36 Å².